The Hall–Kier alpha value is -16.4. The molecular formula is C130H108N6S4. The van der Waals surface area contributed by atoms with Crippen molar-refractivity contribution in [2.45, 2.75) is 13.8 Å². The smallest absolute Gasteiger partial charge is 0.0957 e. The SMILES string of the molecule is C/C=C/c1ccc(N(c2ccccc2)c2ccccc2)cc1.C=Cc1ccc(N(C)c2ccccc2)cc1.CN(c1ccc(-c2ccc(-c3cccc4ccccc34)s2)s1)c1cccc2ccccc12.CN(c1ccccc1)c1ccc(-c2ccc(-c3cccc4ccccc34)s2)s1.Cc1ccc(N(c2ccccc2)c2ccc(/C=C/c3ccccc3)cc2)cc1.Cn1c2ccccc2c2ccccc21. The number of anilines is 12. The zero-order chi connectivity index (χ0) is 95.7. The molecule has 0 radical (unpaired) electrons. The molecule has 23 aromatic rings. The van der Waals surface area contributed by atoms with Gasteiger partial charge in [-0.25, -0.2) is 0 Å². The summed E-state index contributed by atoms with van der Waals surface area (Å²) >= 11 is 7.42. The van der Waals surface area contributed by atoms with Crippen LogP contribution in [-0.4, -0.2) is 25.7 Å². The summed E-state index contributed by atoms with van der Waals surface area (Å²) in [7, 11) is 8.47. The van der Waals surface area contributed by atoms with Crippen molar-refractivity contribution in [2.24, 2.45) is 7.05 Å². The molecule has 6 nitrogen and oxygen atoms in total. The average molecular weight is 1880 g/mol. The van der Waals surface area contributed by atoms with E-state index in [1.165, 1.54) is 150 Å². The average Bonchev–Trinajstić information content (AvgIpc) is 1.62. The summed E-state index contributed by atoms with van der Waals surface area (Å²) in [5, 5.41) is 12.9. The number of fused-ring (bicyclic) bond motifs is 6. The molecule has 0 fully saturated rings. The number of thiophene rings is 4. The monoisotopic (exact) mass is 1880 g/mol. The van der Waals surface area contributed by atoms with E-state index in [0.717, 1.165) is 39.7 Å². The Morgan fingerprint density at radius 3 is 0.957 bits per heavy atom. The number of aryl methyl sites for hydroxylation is 2. The zero-order valence-electron chi connectivity index (χ0n) is 79.3. The summed E-state index contributed by atoms with van der Waals surface area (Å²) in [6.45, 7) is 7.90. The van der Waals surface area contributed by atoms with E-state index < -0.39 is 0 Å². The maximum absolute atomic E-state index is 3.75. The van der Waals surface area contributed by atoms with Crippen molar-refractivity contribution in [2.75, 3.05) is 45.6 Å². The molecule has 18 aromatic carbocycles. The molecule has 10 heteroatoms. The molecule has 0 saturated heterocycles. The molecule has 0 aliphatic rings. The highest BCUT2D eigenvalue weighted by Gasteiger charge is 2.19. The molecule has 0 atom stereocenters. The largest absolute Gasteiger partial charge is 0.345 e. The van der Waals surface area contributed by atoms with Gasteiger partial charge < -0.3 is 29.1 Å². The van der Waals surface area contributed by atoms with Crippen LogP contribution in [0.1, 0.15) is 34.7 Å². The summed E-state index contributed by atoms with van der Waals surface area (Å²) < 4.78 is 2.24. The lowest BCUT2D eigenvalue weighted by Gasteiger charge is -2.25. The van der Waals surface area contributed by atoms with Gasteiger partial charge in [0.2, 0.25) is 0 Å². The molecule has 0 bridgehead atoms. The van der Waals surface area contributed by atoms with E-state index in [-0.39, 0.29) is 0 Å². The van der Waals surface area contributed by atoms with Gasteiger partial charge in [-0.15, -0.1) is 45.3 Å². The molecule has 23 rings (SSSR count). The van der Waals surface area contributed by atoms with E-state index in [0.29, 0.717) is 0 Å². The van der Waals surface area contributed by atoms with Crippen molar-refractivity contribution < 1.29 is 0 Å². The van der Waals surface area contributed by atoms with E-state index in [2.05, 4.69) is 556 Å². The van der Waals surface area contributed by atoms with Crippen LogP contribution in [0.2, 0.25) is 0 Å². The van der Waals surface area contributed by atoms with Gasteiger partial charge in [-0.2, -0.15) is 0 Å². The van der Waals surface area contributed by atoms with Gasteiger partial charge in [0.15, 0.2) is 0 Å². The van der Waals surface area contributed by atoms with E-state index in [9.17, 15) is 0 Å². The highest BCUT2D eigenvalue weighted by molar-refractivity contribution is 7.26. The molecule has 0 aliphatic heterocycles. The second kappa shape index (κ2) is 45.9. The van der Waals surface area contributed by atoms with Crippen LogP contribution < -0.4 is 24.5 Å². The highest BCUT2D eigenvalue weighted by Crippen LogP contribution is 2.47. The molecule has 0 N–H and O–H groups in total. The lowest BCUT2D eigenvalue weighted by Crippen LogP contribution is -2.09. The van der Waals surface area contributed by atoms with Crippen LogP contribution in [-0.2, 0) is 7.05 Å². The van der Waals surface area contributed by atoms with Crippen LogP contribution in [0.5, 0.6) is 0 Å². The van der Waals surface area contributed by atoms with Gasteiger partial charge in [0.25, 0.3) is 0 Å². The fourth-order valence-corrected chi connectivity index (χ4v) is 21.5. The van der Waals surface area contributed by atoms with Gasteiger partial charge >= 0.3 is 0 Å². The first kappa shape index (κ1) is 93.9. The molecule has 5 aromatic heterocycles. The third-order valence-corrected chi connectivity index (χ3v) is 29.6. The first-order valence-electron chi connectivity index (χ1n) is 47.1. The van der Waals surface area contributed by atoms with E-state index in [1.807, 2.05) is 101 Å². The summed E-state index contributed by atoms with van der Waals surface area (Å²) in [4.78, 5) is 19.1. The molecule has 0 amide bonds. The quantitative estimate of drug-likeness (QED) is 0.0707. The zero-order valence-corrected chi connectivity index (χ0v) is 82.6. The van der Waals surface area contributed by atoms with Crippen molar-refractivity contribution in [1.82, 2.24) is 4.57 Å². The number of hydrogen-bond donors (Lipinski definition) is 0. The Kier molecular flexibility index (Phi) is 30.8. The summed E-state index contributed by atoms with van der Waals surface area (Å²) in [6, 6.07) is 177. The van der Waals surface area contributed by atoms with E-state index >= 15 is 0 Å². The number of rotatable bonds is 20. The predicted octanol–water partition coefficient (Wildman–Crippen LogP) is 38.5. The lowest BCUT2D eigenvalue weighted by atomic mass is 10.0. The maximum Gasteiger partial charge on any atom is 0.0957 e. The first-order chi connectivity index (χ1) is 68.9. The fraction of sp³-hybridized carbons (Fsp3) is 0.0462. The van der Waals surface area contributed by atoms with Crippen LogP contribution >= 0.6 is 45.3 Å². The Labute approximate surface area is 839 Å². The summed E-state index contributed by atoms with van der Waals surface area (Å²) in [6.07, 6.45) is 10.3. The normalized spacial score (nSPS) is 10.9. The number of nitrogens with zero attached hydrogens (tertiary/aromatic N) is 6. The molecule has 0 aliphatic carbocycles. The van der Waals surface area contributed by atoms with Crippen LogP contribution in [0.15, 0.2) is 516 Å². The predicted molar refractivity (Wildman–Crippen MR) is 616 cm³/mol. The Morgan fingerprint density at radius 1 is 0.229 bits per heavy atom. The van der Waals surface area contributed by atoms with Crippen molar-refractivity contribution in [3.05, 3.63) is 544 Å². The molecule has 140 heavy (non-hydrogen) atoms. The van der Waals surface area contributed by atoms with Crippen molar-refractivity contribution in [3.63, 3.8) is 0 Å². The van der Waals surface area contributed by atoms with Gasteiger partial charge in [-0.3, -0.25) is 0 Å². The van der Waals surface area contributed by atoms with E-state index in [4.69, 9.17) is 0 Å². The van der Waals surface area contributed by atoms with Crippen LogP contribution in [0, 0.1) is 6.92 Å². The van der Waals surface area contributed by atoms with Gasteiger partial charge in [0, 0.05) is 142 Å². The summed E-state index contributed by atoms with van der Waals surface area (Å²) in [5.41, 5.74) is 23.0. The highest BCUT2D eigenvalue weighted by atomic mass is 32.1. The second-order valence-corrected chi connectivity index (χ2v) is 38.1. The van der Waals surface area contributed by atoms with Gasteiger partial charge in [-0.05, 0) is 250 Å². The number of aromatic nitrogens is 1. The third-order valence-electron chi connectivity index (χ3n) is 24.7. The molecular weight excluding hydrogens is 1770 g/mol. The van der Waals surface area contributed by atoms with Gasteiger partial charge in [-0.1, -0.05) is 370 Å². The van der Waals surface area contributed by atoms with Crippen molar-refractivity contribution in [1.29, 1.82) is 0 Å². The fourth-order valence-electron chi connectivity index (χ4n) is 17.3. The number of para-hydroxylation sites is 7. The molecule has 5 heterocycles. The topological polar surface area (TPSA) is 21.1 Å². The molecule has 682 valence electrons. The lowest BCUT2D eigenvalue weighted by molar-refractivity contribution is 1.01. The van der Waals surface area contributed by atoms with Crippen LogP contribution in [0.3, 0.4) is 0 Å². The standard InChI is InChI=1S/C29H21NS2.C27H23N.C25H19NS2.C21H19N.C15H15N.C13H11N/c1-30(25-15-7-11-21-9-3-5-13-23(21)25)29-19-18-28(32-29)27-17-16-26(31-27)24-14-6-10-20-8-2-4-12-22(20)24;1-22-12-18-26(19-13-22)28(25-10-6-3-7-11-25)27-20-16-24(17-21-27)15-14-23-8-4-2-5-9-23;1-26(19-10-3-2-4-11-19)25-17-16-24(28-25)23-15-14-22(27-23)21-13-7-9-18-8-5-6-12-20(18)21;1-2-9-18-14-16-21(17-15-18)22(19-10-5-3-6-11-19)20-12-7-4-8-13-20;1-3-13-9-11-15(12-10-13)16(2)14-7-5-4-6-8-14;1-14-12-8-4-2-6-10(12)11-7-3-5-9-13(11)14/h2-19H,1H3;2-21H,1H3;2-17H,1H3;2-17H,1H3;3-12H,1H2,2H3;2-9H,1H3/b;15-14+;;9-2+;;. The Bertz CT molecular complexity index is 7900. The van der Waals surface area contributed by atoms with Crippen molar-refractivity contribution in [3.8, 4) is 40.4 Å². The van der Waals surface area contributed by atoms with Gasteiger partial charge in [0.1, 0.15) is 0 Å². The van der Waals surface area contributed by atoms with E-state index in [1.54, 1.807) is 0 Å². The van der Waals surface area contributed by atoms with Crippen molar-refractivity contribution >= 4 is 191 Å². The maximum atomic E-state index is 3.75. The number of hydrogen-bond acceptors (Lipinski definition) is 9. The summed E-state index contributed by atoms with van der Waals surface area (Å²) in [5.74, 6) is 0. The second-order valence-electron chi connectivity index (χ2n) is 33.8. The van der Waals surface area contributed by atoms with Gasteiger partial charge in [0.05, 0.1) is 10.0 Å². The Morgan fingerprint density at radius 2 is 0.521 bits per heavy atom. The molecule has 0 unspecified atom stereocenters. The minimum atomic E-state index is 1.14. The first-order valence-corrected chi connectivity index (χ1v) is 50.4. The number of allylic oxidation sites excluding steroid dienone is 1. The van der Waals surface area contributed by atoms with Crippen LogP contribution in [0.4, 0.5) is 66.9 Å². The minimum Gasteiger partial charge on any atom is -0.345 e. The van der Waals surface area contributed by atoms with Crippen LogP contribution in [0.25, 0.3) is 119 Å². The third kappa shape index (κ3) is 22.8. The Balaban J connectivity index is 0.000000113. The molecule has 0 spiro atoms. The number of benzene rings is 18. The molecule has 0 saturated carbocycles. The minimum absolute atomic E-state index is 1.14.